The number of likely N-dealkylation sites (tertiary alicyclic amines) is 1. The Kier molecular flexibility index (Phi) is 5.03. The highest BCUT2D eigenvalue weighted by Gasteiger charge is 2.21. The minimum Gasteiger partial charge on any atom is -0.392 e. The highest BCUT2D eigenvalue weighted by molar-refractivity contribution is 7.80. The monoisotopic (exact) mass is 295 g/mol. The van der Waals surface area contributed by atoms with Crippen LogP contribution in [0.2, 0.25) is 0 Å². The van der Waals surface area contributed by atoms with Gasteiger partial charge in [-0.15, -0.1) is 0 Å². The summed E-state index contributed by atoms with van der Waals surface area (Å²) in [6, 6.07) is 5.72. The maximum atomic E-state index is 12.8. The number of nitrogens with zero attached hydrogens (tertiary/aromatic N) is 1. The van der Waals surface area contributed by atoms with E-state index in [4.69, 9.17) is 18.0 Å². The third-order valence-electron chi connectivity index (χ3n) is 3.41. The molecule has 0 unspecified atom stereocenters. The quantitative estimate of drug-likeness (QED) is 0.822. The topological polar surface area (TPSA) is 58.4 Å². The fourth-order valence-electron chi connectivity index (χ4n) is 2.33. The summed E-state index contributed by atoms with van der Waals surface area (Å²) in [5.41, 5.74) is 6.00. The zero-order valence-corrected chi connectivity index (χ0v) is 12.0. The van der Waals surface area contributed by atoms with Gasteiger partial charge in [-0.05, 0) is 37.1 Å². The van der Waals surface area contributed by atoms with E-state index >= 15 is 0 Å². The van der Waals surface area contributed by atoms with Crippen molar-refractivity contribution in [2.75, 3.05) is 19.6 Å². The first-order chi connectivity index (χ1) is 9.54. The van der Waals surface area contributed by atoms with Gasteiger partial charge in [-0.3, -0.25) is 9.69 Å². The van der Waals surface area contributed by atoms with Gasteiger partial charge in [0.05, 0.1) is 4.99 Å². The lowest BCUT2D eigenvalue weighted by molar-refractivity contribution is 0.0915. The van der Waals surface area contributed by atoms with Crippen LogP contribution in [0.4, 0.5) is 4.39 Å². The number of thiocarbonyl (C=S) groups is 1. The van der Waals surface area contributed by atoms with Crippen LogP contribution in [-0.4, -0.2) is 41.5 Å². The number of hydrogen-bond acceptors (Lipinski definition) is 3. The van der Waals surface area contributed by atoms with E-state index in [2.05, 4.69) is 10.2 Å². The van der Waals surface area contributed by atoms with Crippen molar-refractivity contribution in [1.82, 2.24) is 10.2 Å². The summed E-state index contributed by atoms with van der Waals surface area (Å²) in [6.07, 6.45) is 1.74. The smallest absolute Gasteiger partial charge is 0.251 e. The highest BCUT2D eigenvalue weighted by atomic mass is 32.1. The minimum absolute atomic E-state index is 0.148. The van der Waals surface area contributed by atoms with Crippen LogP contribution in [0.15, 0.2) is 24.3 Å². The van der Waals surface area contributed by atoms with E-state index in [0.29, 0.717) is 17.1 Å². The number of carbonyl (C=O) groups is 1. The van der Waals surface area contributed by atoms with Crippen LogP contribution in [0.1, 0.15) is 23.2 Å². The Labute approximate surface area is 123 Å². The Hall–Kier alpha value is -1.53. The summed E-state index contributed by atoms with van der Waals surface area (Å²) >= 11 is 4.89. The molecule has 1 aliphatic rings. The number of benzene rings is 1. The third-order valence-corrected chi connectivity index (χ3v) is 3.54. The number of amides is 1. The van der Waals surface area contributed by atoms with E-state index in [1.807, 2.05) is 0 Å². The minimum atomic E-state index is -0.340. The van der Waals surface area contributed by atoms with E-state index in [1.165, 1.54) is 24.3 Å². The van der Waals surface area contributed by atoms with Gasteiger partial charge in [0.2, 0.25) is 0 Å². The second kappa shape index (κ2) is 6.76. The standard InChI is InChI=1S/C14H18FN3OS/c15-11-3-1-10(2-4-11)14(19)17-12-5-7-18(8-6-12)9-13(16)20/h1-4,12H,5-9H2,(H2,16,20)(H,17,19). The Morgan fingerprint density at radius 2 is 1.95 bits per heavy atom. The molecule has 20 heavy (non-hydrogen) atoms. The molecule has 2 rings (SSSR count). The zero-order chi connectivity index (χ0) is 14.5. The van der Waals surface area contributed by atoms with Crippen LogP contribution >= 0.6 is 12.2 Å². The molecule has 0 atom stereocenters. The van der Waals surface area contributed by atoms with E-state index < -0.39 is 0 Å². The molecule has 0 spiro atoms. The van der Waals surface area contributed by atoms with Crippen molar-refractivity contribution >= 4 is 23.1 Å². The number of hydrogen-bond donors (Lipinski definition) is 2. The molecule has 3 N–H and O–H groups in total. The van der Waals surface area contributed by atoms with Gasteiger partial charge in [-0.2, -0.15) is 0 Å². The molecule has 1 heterocycles. The molecule has 6 heteroatoms. The van der Waals surface area contributed by atoms with Crippen LogP contribution in [-0.2, 0) is 0 Å². The van der Waals surface area contributed by atoms with Crippen molar-refractivity contribution in [3.05, 3.63) is 35.6 Å². The average Bonchev–Trinajstić information content (AvgIpc) is 2.41. The number of rotatable bonds is 4. The Bertz CT molecular complexity index is 484. The molecule has 0 aromatic heterocycles. The number of nitrogens with two attached hydrogens (primary N) is 1. The maximum Gasteiger partial charge on any atom is 0.251 e. The van der Waals surface area contributed by atoms with Crippen molar-refractivity contribution in [3.8, 4) is 0 Å². The summed E-state index contributed by atoms with van der Waals surface area (Å²) < 4.78 is 12.8. The van der Waals surface area contributed by atoms with Gasteiger partial charge in [-0.25, -0.2) is 4.39 Å². The molecule has 1 aromatic rings. The van der Waals surface area contributed by atoms with E-state index in [0.717, 1.165) is 25.9 Å². The predicted molar refractivity (Wildman–Crippen MR) is 80.1 cm³/mol. The second-order valence-corrected chi connectivity index (χ2v) is 5.52. The van der Waals surface area contributed by atoms with Crippen molar-refractivity contribution in [3.63, 3.8) is 0 Å². The van der Waals surface area contributed by atoms with Gasteiger partial charge in [0.15, 0.2) is 0 Å². The molecular formula is C14H18FN3OS. The van der Waals surface area contributed by atoms with Gasteiger partial charge in [-0.1, -0.05) is 12.2 Å². The molecule has 1 aromatic carbocycles. The number of halogens is 1. The zero-order valence-electron chi connectivity index (χ0n) is 11.1. The van der Waals surface area contributed by atoms with Crippen molar-refractivity contribution < 1.29 is 9.18 Å². The Morgan fingerprint density at radius 3 is 2.50 bits per heavy atom. The molecule has 1 amide bonds. The summed E-state index contributed by atoms with van der Waals surface area (Å²) in [6.45, 7) is 2.37. The van der Waals surface area contributed by atoms with Crippen LogP contribution in [0.5, 0.6) is 0 Å². The molecule has 4 nitrogen and oxygen atoms in total. The SMILES string of the molecule is NC(=S)CN1CCC(NC(=O)c2ccc(F)cc2)CC1. The third kappa shape index (κ3) is 4.25. The Morgan fingerprint density at radius 1 is 1.35 bits per heavy atom. The van der Waals surface area contributed by atoms with Crippen molar-refractivity contribution in [1.29, 1.82) is 0 Å². The molecule has 0 aliphatic carbocycles. The summed E-state index contributed by atoms with van der Waals surface area (Å²) in [7, 11) is 0. The van der Waals surface area contributed by atoms with Crippen LogP contribution < -0.4 is 11.1 Å². The van der Waals surface area contributed by atoms with E-state index in [1.54, 1.807) is 0 Å². The molecular weight excluding hydrogens is 277 g/mol. The van der Waals surface area contributed by atoms with Crippen LogP contribution in [0, 0.1) is 5.82 Å². The van der Waals surface area contributed by atoms with E-state index in [-0.39, 0.29) is 17.8 Å². The molecule has 1 fully saturated rings. The average molecular weight is 295 g/mol. The van der Waals surface area contributed by atoms with Gasteiger partial charge in [0, 0.05) is 31.2 Å². The van der Waals surface area contributed by atoms with Gasteiger partial charge in [0.25, 0.3) is 5.91 Å². The lowest BCUT2D eigenvalue weighted by atomic mass is 10.0. The fourth-order valence-corrected chi connectivity index (χ4v) is 2.51. The molecule has 0 saturated carbocycles. The first-order valence-electron chi connectivity index (χ1n) is 6.61. The summed E-state index contributed by atoms with van der Waals surface area (Å²) in [4.78, 5) is 14.7. The molecule has 0 radical (unpaired) electrons. The number of nitrogens with one attached hydrogen (secondary N) is 1. The number of piperidine rings is 1. The largest absolute Gasteiger partial charge is 0.392 e. The van der Waals surface area contributed by atoms with Gasteiger partial charge < -0.3 is 11.1 Å². The van der Waals surface area contributed by atoms with Crippen LogP contribution in [0.25, 0.3) is 0 Å². The molecule has 1 saturated heterocycles. The maximum absolute atomic E-state index is 12.8. The lowest BCUT2D eigenvalue weighted by Crippen LogP contribution is -2.46. The highest BCUT2D eigenvalue weighted by Crippen LogP contribution is 2.11. The van der Waals surface area contributed by atoms with Crippen LogP contribution in [0.3, 0.4) is 0 Å². The molecule has 1 aliphatic heterocycles. The first-order valence-corrected chi connectivity index (χ1v) is 7.02. The van der Waals surface area contributed by atoms with Gasteiger partial charge in [0.1, 0.15) is 5.82 Å². The lowest BCUT2D eigenvalue weighted by Gasteiger charge is -2.31. The Balaban J connectivity index is 1.82. The summed E-state index contributed by atoms with van der Waals surface area (Å²) in [5.74, 6) is -0.495. The predicted octanol–water partition coefficient (Wildman–Crippen LogP) is 1.31. The second-order valence-electron chi connectivity index (χ2n) is 5.00. The first kappa shape index (κ1) is 14.9. The normalized spacial score (nSPS) is 16.9. The van der Waals surface area contributed by atoms with Crippen molar-refractivity contribution in [2.45, 2.75) is 18.9 Å². The van der Waals surface area contributed by atoms with E-state index in [9.17, 15) is 9.18 Å². The van der Waals surface area contributed by atoms with Gasteiger partial charge >= 0.3 is 0 Å². The molecule has 0 bridgehead atoms. The fraction of sp³-hybridized carbons (Fsp3) is 0.429. The summed E-state index contributed by atoms with van der Waals surface area (Å²) in [5, 5.41) is 2.98. The molecule has 108 valence electrons. The van der Waals surface area contributed by atoms with Crippen molar-refractivity contribution in [2.24, 2.45) is 5.73 Å². The number of carbonyl (C=O) groups excluding carboxylic acids is 1.